The first-order valence-electron chi connectivity index (χ1n) is 4.90. The Morgan fingerprint density at radius 2 is 2.08 bits per heavy atom. The summed E-state index contributed by atoms with van der Waals surface area (Å²) in [5, 5.41) is 2.97. The van der Waals surface area contributed by atoms with Gasteiger partial charge in [-0.05, 0) is 39.0 Å². The van der Waals surface area contributed by atoms with Crippen LogP contribution in [0, 0.1) is 11.8 Å². The third kappa shape index (κ3) is 2.50. The smallest absolute Gasteiger partial charge is 0.223 e. The van der Waals surface area contributed by atoms with Crippen molar-refractivity contribution in [1.29, 1.82) is 0 Å². The number of carbonyl (C=O) groups is 1. The molecule has 0 bridgehead atoms. The van der Waals surface area contributed by atoms with Crippen molar-refractivity contribution in [1.82, 2.24) is 5.32 Å². The van der Waals surface area contributed by atoms with Crippen molar-refractivity contribution in [2.45, 2.75) is 46.1 Å². The summed E-state index contributed by atoms with van der Waals surface area (Å²) < 4.78 is 0. The molecule has 0 aromatic rings. The van der Waals surface area contributed by atoms with E-state index in [1.54, 1.807) is 0 Å². The Hall–Kier alpha value is -0.530. The Balaban J connectivity index is 2.33. The second-order valence-corrected chi connectivity index (χ2v) is 4.28. The molecule has 1 aliphatic carbocycles. The summed E-state index contributed by atoms with van der Waals surface area (Å²) in [5.41, 5.74) is 0. The topological polar surface area (TPSA) is 29.1 Å². The van der Waals surface area contributed by atoms with E-state index >= 15 is 0 Å². The van der Waals surface area contributed by atoms with E-state index in [0.717, 1.165) is 18.8 Å². The predicted molar refractivity (Wildman–Crippen MR) is 49.8 cm³/mol. The number of amides is 1. The lowest BCUT2D eigenvalue weighted by atomic mass is 10.1. The van der Waals surface area contributed by atoms with Crippen LogP contribution in [0.3, 0.4) is 0 Å². The van der Waals surface area contributed by atoms with Gasteiger partial charge in [-0.1, -0.05) is 6.92 Å². The van der Waals surface area contributed by atoms with Gasteiger partial charge in [0.25, 0.3) is 0 Å². The van der Waals surface area contributed by atoms with Gasteiger partial charge in [-0.15, -0.1) is 0 Å². The first-order valence-corrected chi connectivity index (χ1v) is 4.90. The Bertz CT molecular complexity index is 165. The van der Waals surface area contributed by atoms with Crippen LogP contribution in [-0.4, -0.2) is 11.9 Å². The Morgan fingerprint density at radius 3 is 2.50 bits per heavy atom. The second-order valence-electron chi connectivity index (χ2n) is 4.28. The van der Waals surface area contributed by atoms with Crippen LogP contribution in [0.5, 0.6) is 0 Å². The van der Waals surface area contributed by atoms with Crippen LogP contribution in [0.4, 0.5) is 0 Å². The van der Waals surface area contributed by atoms with Crippen molar-refractivity contribution in [3.63, 3.8) is 0 Å². The fourth-order valence-electron chi connectivity index (χ4n) is 1.85. The third-order valence-electron chi connectivity index (χ3n) is 2.50. The Labute approximate surface area is 74.7 Å². The molecule has 0 radical (unpaired) electrons. The van der Waals surface area contributed by atoms with Crippen LogP contribution >= 0.6 is 0 Å². The van der Waals surface area contributed by atoms with Gasteiger partial charge in [-0.2, -0.15) is 0 Å². The highest BCUT2D eigenvalue weighted by atomic mass is 16.1. The van der Waals surface area contributed by atoms with Gasteiger partial charge < -0.3 is 5.32 Å². The normalized spacial score (nSPS) is 29.3. The van der Waals surface area contributed by atoms with E-state index in [1.165, 1.54) is 6.42 Å². The average molecular weight is 169 g/mol. The zero-order chi connectivity index (χ0) is 9.14. The predicted octanol–water partition coefficient (Wildman–Crippen LogP) is 1.95. The van der Waals surface area contributed by atoms with Crippen molar-refractivity contribution in [3.8, 4) is 0 Å². The molecule has 70 valence electrons. The molecule has 0 aliphatic heterocycles. The molecule has 1 N–H and O–H groups in total. The first-order chi connectivity index (χ1) is 5.59. The van der Waals surface area contributed by atoms with E-state index in [4.69, 9.17) is 0 Å². The van der Waals surface area contributed by atoms with Crippen LogP contribution in [0.2, 0.25) is 0 Å². The van der Waals surface area contributed by atoms with E-state index in [2.05, 4.69) is 12.2 Å². The lowest BCUT2D eigenvalue weighted by molar-refractivity contribution is -0.125. The number of rotatable bonds is 2. The maximum absolute atomic E-state index is 11.5. The molecular weight excluding hydrogens is 150 g/mol. The van der Waals surface area contributed by atoms with Gasteiger partial charge >= 0.3 is 0 Å². The Kier molecular flexibility index (Phi) is 3.12. The number of carbonyl (C=O) groups excluding carboxylic acids is 1. The molecule has 2 heteroatoms. The fraction of sp³-hybridized carbons (Fsp3) is 0.900. The maximum atomic E-state index is 11.5. The molecule has 0 aromatic heterocycles. The van der Waals surface area contributed by atoms with E-state index in [-0.39, 0.29) is 11.9 Å². The fourth-order valence-corrected chi connectivity index (χ4v) is 1.85. The van der Waals surface area contributed by atoms with Crippen LogP contribution in [-0.2, 0) is 4.79 Å². The quantitative estimate of drug-likeness (QED) is 0.672. The first kappa shape index (κ1) is 9.56. The van der Waals surface area contributed by atoms with E-state index in [9.17, 15) is 4.79 Å². The standard InChI is InChI=1S/C10H19NO/c1-7(2)11-10(12)9-5-4-8(3)6-9/h7-9H,4-6H2,1-3H3,(H,11,12). The SMILES string of the molecule is CC1CCC(C(=O)NC(C)C)C1. The van der Waals surface area contributed by atoms with Gasteiger partial charge in [0.15, 0.2) is 0 Å². The van der Waals surface area contributed by atoms with Crippen LogP contribution in [0.25, 0.3) is 0 Å². The van der Waals surface area contributed by atoms with E-state index < -0.39 is 0 Å². The van der Waals surface area contributed by atoms with Gasteiger partial charge in [0.05, 0.1) is 0 Å². The van der Waals surface area contributed by atoms with Gasteiger partial charge in [-0.3, -0.25) is 4.79 Å². The third-order valence-corrected chi connectivity index (χ3v) is 2.50. The molecule has 1 amide bonds. The van der Waals surface area contributed by atoms with Gasteiger partial charge in [0, 0.05) is 12.0 Å². The number of hydrogen-bond acceptors (Lipinski definition) is 1. The molecule has 1 aliphatic rings. The summed E-state index contributed by atoms with van der Waals surface area (Å²) in [4.78, 5) is 11.5. The molecule has 1 saturated carbocycles. The molecule has 2 atom stereocenters. The average Bonchev–Trinajstić information content (AvgIpc) is 2.34. The van der Waals surface area contributed by atoms with Crippen molar-refractivity contribution in [3.05, 3.63) is 0 Å². The van der Waals surface area contributed by atoms with Crippen LogP contribution in [0.15, 0.2) is 0 Å². The van der Waals surface area contributed by atoms with Gasteiger partial charge in [0.2, 0.25) is 5.91 Å². The van der Waals surface area contributed by atoms with Crippen molar-refractivity contribution >= 4 is 5.91 Å². The summed E-state index contributed by atoms with van der Waals surface area (Å²) in [5.74, 6) is 1.30. The minimum Gasteiger partial charge on any atom is -0.354 e. The highest BCUT2D eigenvalue weighted by molar-refractivity contribution is 5.79. The minimum absolute atomic E-state index is 0.259. The summed E-state index contributed by atoms with van der Waals surface area (Å²) >= 11 is 0. The van der Waals surface area contributed by atoms with Crippen molar-refractivity contribution < 1.29 is 4.79 Å². The molecule has 12 heavy (non-hydrogen) atoms. The van der Waals surface area contributed by atoms with Gasteiger partial charge in [0.1, 0.15) is 0 Å². The number of hydrogen-bond donors (Lipinski definition) is 1. The summed E-state index contributed by atoms with van der Waals surface area (Å²) in [6.45, 7) is 6.25. The monoisotopic (exact) mass is 169 g/mol. The Morgan fingerprint density at radius 1 is 1.42 bits per heavy atom. The second kappa shape index (κ2) is 3.92. The van der Waals surface area contributed by atoms with E-state index in [0.29, 0.717) is 5.92 Å². The molecule has 2 unspecified atom stereocenters. The lowest BCUT2D eigenvalue weighted by Crippen LogP contribution is -2.34. The summed E-state index contributed by atoms with van der Waals surface area (Å²) in [6, 6.07) is 0.286. The molecule has 0 heterocycles. The molecule has 2 nitrogen and oxygen atoms in total. The highest BCUT2D eigenvalue weighted by Gasteiger charge is 2.27. The summed E-state index contributed by atoms with van der Waals surface area (Å²) in [7, 11) is 0. The van der Waals surface area contributed by atoms with Crippen LogP contribution in [0.1, 0.15) is 40.0 Å². The highest BCUT2D eigenvalue weighted by Crippen LogP contribution is 2.30. The zero-order valence-corrected chi connectivity index (χ0v) is 8.26. The van der Waals surface area contributed by atoms with Crippen molar-refractivity contribution in [2.75, 3.05) is 0 Å². The maximum Gasteiger partial charge on any atom is 0.223 e. The molecule has 1 fully saturated rings. The number of nitrogens with one attached hydrogen (secondary N) is 1. The van der Waals surface area contributed by atoms with Crippen LogP contribution < -0.4 is 5.32 Å². The molecular formula is C10H19NO. The van der Waals surface area contributed by atoms with E-state index in [1.807, 2.05) is 13.8 Å². The van der Waals surface area contributed by atoms with Gasteiger partial charge in [-0.25, -0.2) is 0 Å². The molecule has 0 aromatic carbocycles. The largest absolute Gasteiger partial charge is 0.354 e. The molecule has 1 rings (SSSR count). The lowest BCUT2D eigenvalue weighted by Gasteiger charge is -2.12. The molecule has 0 spiro atoms. The van der Waals surface area contributed by atoms with Crippen molar-refractivity contribution in [2.24, 2.45) is 11.8 Å². The minimum atomic E-state index is 0.259. The summed E-state index contributed by atoms with van der Waals surface area (Å²) in [6.07, 6.45) is 3.38. The zero-order valence-electron chi connectivity index (χ0n) is 8.26. The molecule has 0 saturated heterocycles.